The second-order valence-electron chi connectivity index (χ2n) is 6.45. The van der Waals surface area contributed by atoms with Crippen LogP contribution in [0.2, 0.25) is 0 Å². The molecule has 2 amide bonds. The molecule has 7 heteroatoms. The van der Waals surface area contributed by atoms with E-state index in [0.717, 1.165) is 22.4 Å². The molecule has 1 heterocycles. The van der Waals surface area contributed by atoms with Crippen molar-refractivity contribution in [2.24, 2.45) is 0 Å². The fourth-order valence-electron chi connectivity index (χ4n) is 3.09. The van der Waals surface area contributed by atoms with Crippen LogP contribution in [-0.2, 0) is 4.79 Å². The van der Waals surface area contributed by atoms with Gasteiger partial charge in [-0.05, 0) is 38.0 Å². The zero-order valence-electron chi connectivity index (χ0n) is 15.3. The zero-order chi connectivity index (χ0) is 19.6. The molecular weight excluding hydrogens is 344 g/mol. The highest BCUT2D eigenvalue weighted by molar-refractivity contribution is 6.06. The summed E-state index contributed by atoms with van der Waals surface area (Å²) in [5.74, 6) is -0.873. The van der Waals surface area contributed by atoms with Crippen molar-refractivity contribution in [3.63, 3.8) is 0 Å². The lowest BCUT2D eigenvalue weighted by atomic mass is 10.1. The normalized spacial score (nSPS) is 10.6. The Morgan fingerprint density at radius 3 is 2.33 bits per heavy atom. The van der Waals surface area contributed by atoms with Crippen molar-refractivity contribution in [2.45, 2.75) is 20.8 Å². The summed E-state index contributed by atoms with van der Waals surface area (Å²) in [6.07, 6.45) is 0. The Balaban J connectivity index is 1.72. The molecule has 3 N–H and O–H groups in total. The smallest absolute Gasteiger partial charge is 0.272 e. The molecule has 0 saturated carbocycles. The summed E-state index contributed by atoms with van der Waals surface area (Å²) in [6.45, 7) is 5.63. The van der Waals surface area contributed by atoms with E-state index < -0.39 is 5.91 Å². The lowest BCUT2D eigenvalue weighted by Crippen LogP contribution is -2.34. The Morgan fingerprint density at radius 2 is 1.67 bits per heavy atom. The van der Waals surface area contributed by atoms with Crippen molar-refractivity contribution in [2.75, 3.05) is 11.9 Å². The van der Waals surface area contributed by atoms with Gasteiger partial charge >= 0.3 is 0 Å². The van der Waals surface area contributed by atoms with Gasteiger partial charge in [0.25, 0.3) is 11.5 Å². The van der Waals surface area contributed by atoms with Crippen molar-refractivity contribution >= 4 is 28.3 Å². The Morgan fingerprint density at radius 1 is 1.04 bits per heavy atom. The molecule has 0 bridgehead atoms. The third kappa shape index (κ3) is 3.87. The fourth-order valence-corrected chi connectivity index (χ4v) is 3.09. The van der Waals surface area contributed by atoms with E-state index >= 15 is 0 Å². The average molecular weight is 364 g/mol. The highest BCUT2D eigenvalue weighted by Gasteiger charge is 2.15. The number of rotatable bonds is 4. The molecule has 0 aliphatic carbocycles. The summed E-state index contributed by atoms with van der Waals surface area (Å²) in [4.78, 5) is 36.5. The van der Waals surface area contributed by atoms with Crippen molar-refractivity contribution in [3.05, 3.63) is 69.1 Å². The third-order valence-electron chi connectivity index (χ3n) is 4.26. The summed E-state index contributed by atoms with van der Waals surface area (Å²) in [6, 6.07) is 10.7. The van der Waals surface area contributed by atoms with Crippen LogP contribution in [-0.4, -0.2) is 28.6 Å². The number of H-pyrrole nitrogens is 1. The zero-order valence-corrected chi connectivity index (χ0v) is 15.3. The minimum Gasteiger partial charge on any atom is -0.342 e. The van der Waals surface area contributed by atoms with Crippen LogP contribution in [0.25, 0.3) is 10.8 Å². The number of hydrogen-bond donors (Lipinski definition) is 3. The van der Waals surface area contributed by atoms with Crippen molar-refractivity contribution in [3.8, 4) is 0 Å². The molecule has 0 spiro atoms. The molecule has 27 heavy (non-hydrogen) atoms. The number of anilines is 1. The van der Waals surface area contributed by atoms with E-state index in [0.29, 0.717) is 10.8 Å². The standard InChI is InChI=1S/C20H20N4O3/c1-11-8-12(2)17(13(3)9-11)22-16(25)10-21-20(27)18-14-6-4-5-7-15(14)19(26)24-23-18/h4-9H,10H2,1-3H3,(H,21,27)(H,22,25)(H,24,26). The number of benzene rings is 2. The van der Waals surface area contributed by atoms with Gasteiger partial charge in [-0.15, -0.1) is 0 Å². The molecule has 7 nitrogen and oxygen atoms in total. The molecule has 138 valence electrons. The van der Waals surface area contributed by atoms with E-state index in [1.54, 1.807) is 24.3 Å². The number of nitrogens with one attached hydrogen (secondary N) is 3. The maximum atomic E-state index is 12.4. The van der Waals surface area contributed by atoms with Crippen LogP contribution in [0.1, 0.15) is 27.2 Å². The lowest BCUT2D eigenvalue weighted by molar-refractivity contribution is -0.115. The Bertz CT molecular complexity index is 1080. The molecule has 0 atom stereocenters. The second kappa shape index (κ2) is 7.41. The van der Waals surface area contributed by atoms with Crippen LogP contribution in [0.15, 0.2) is 41.2 Å². The summed E-state index contributed by atoms with van der Waals surface area (Å²) < 4.78 is 0. The van der Waals surface area contributed by atoms with E-state index in [4.69, 9.17) is 0 Å². The predicted molar refractivity (Wildman–Crippen MR) is 104 cm³/mol. The first-order chi connectivity index (χ1) is 12.9. The molecule has 0 aliphatic rings. The van der Waals surface area contributed by atoms with Gasteiger partial charge in [0.15, 0.2) is 5.69 Å². The number of aromatic nitrogens is 2. The third-order valence-corrected chi connectivity index (χ3v) is 4.26. The van der Waals surface area contributed by atoms with Gasteiger partial charge in [-0.3, -0.25) is 14.4 Å². The molecule has 0 aliphatic heterocycles. The molecule has 3 aromatic rings. The molecule has 0 fully saturated rings. The van der Waals surface area contributed by atoms with E-state index in [1.165, 1.54) is 0 Å². The summed E-state index contributed by atoms with van der Waals surface area (Å²) in [7, 11) is 0. The van der Waals surface area contributed by atoms with Gasteiger partial charge in [-0.1, -0.05) is 35.9 Å². The van der Waals surface area contributed by atoms with Gasteiger partial charge in [0.05, 0.1) is 11.9 Å². The number of nitrogens with zero attached hydrogens (tertiary/aromatic N) is 1. The number of aryl methyl sites for hydroxylation is 3. The molecule has 3 rings (SSSR count). The monoisotopic (exact) mass is 364 g/mol. The molecule has 0 radical (unpaired) electrons. The van der Waals surface area contributed by atoms with E-state index in [2.05, 4.69) is 20.8 Å². The summed E-state index contributed by atoms with van der Waals surface area (Å²) >= 11 is 0. The van der Waals surface area contributed by atoms with Crippen LogP contribution in [0.5, 0.6) is 0 Å². The SMILES string of the molecule is Cc1cc(C)c(NC(=O)CNC(=O)c2n[nH]c(=O)c3ccccc23)c(C)c1. The van der Waals surface area contributed by atoms with Crippen LogP contribution in [0, 0.1) is 20.8 Å². The lowest BCUT2D eigenvalue weighted by Gasteiger charge is -2.13. The highest BCUT2D eigenvalue weighted by Crippen LogP contribution is 2.21. The predicted octanol–water partition coefficient (Wildman–Crippen LogP) is 2.22. The number of aromatic amines is 1. The van der Waals surface area contributed by atoms with E-state index in [1.807, 2.05) is 32.9 Å². The minimum atomic E-state index is -0.532. The number of fused-ring (bicyclic) bond motifs is 1. The molecule has 1 aromatic heterocycles. The first-order valence-electron chi connectivity index (χ1n) is 8.50. The van der Waals surface area contributed by atoms with Gasteiger partial charge in [0.2, 0.25) is 5.91 Å². The number of hydrogen-bond acceptors (Lipinski definition) is 4. The highest BCUT2D eigenvalue weighted by atomic mass is 16.2. The Kier molecular flexibility index (Phi) is 5.03. The quantitative estimate of drug-likeness (QED) is 0.660. The van der Waals surface area contributed by atoms with Crippen LogP contribution in [0.3, 0.4) is 0 Å². The molecule has 0 saturated heterocycles. The first kappa shape index (κ1) is 18.3. The van der Waals surface area contributed by atoms with Gasteiger partial charge in [0.1, 0.15) is 0 Å². The number of carbonyl (C=O) groups excluding carboxylic acids is 2. The van der Waals surface area contributed by atoms with Crippen LogP contribution >= 0.6 is 0 Å². The van der Waals surface area contributed by atoms with Crippen LogP contribution in [0.4, 0.5) is 5.69 Å². The van der Waals surface area contributed by atoms with Crippen LogP contribution < -0.4 is 16.2 Å². The number of carbonyl (C=O) groups is 2. The van der Waals surface area contributed by atoms with Crippen molar-refractivity contribution in [1.29, 1.82) is 0 Å². The summed E-state index contributed by atoms with van der Waals surface area (Å²) in [5, 5.41) is 12.3. The molecular formula is C20H20N4O3. The topological polar surface area (TPSA) is 104 Å². The van der Waals surface area contributed by atoms with Crippen molar-refractivity contribution in [1.82, 2.24) is 15.5 Å². The first-order valence-corrected chi connectivity index (χ1v) is 8.50. The fraction of sp³-hybridized carbons (Fsp3) is 0.200. The van der Waals surface area contributed by atoms with Gasteiger partial charge in [-0.25, -0.2) is 5.10 Å². The Labute approximate surface area is 155 Å². The Hall–Kier alpha value is -3.48. The van der Waals surface area contributed by atoms with Gasteiger partial charge in [-0.2, -0.15) is 5.10 Å². The molecule has 2 aromatic carbocycles. The van der Waals surface area contributed by atoms with Gasteiger partial charge < -0.3 is 10.6 Å². The maximum absolute atomic E-state index is 12.4. The molecule has 0 unspecified atom stereocenters. The largest absolute Gasteiger partial charge is 0.342 e. The minimum absolute atomic E-state index is 0.0701. The summed E-state index contributed by atoms with van der Waals surface area (Å²) in [5.41, 5.74) is 3.48. The maximum Gasteiger partial charge on any atom is 0.272 e. The van der Waals surface area contributed by atoms with E-state index in [9.17, 15) is 14.4 Å². The van der Waals surface area contributed by atoms with Crippen molar-refractivity contribution < 1.29 is 9.59 Å². The average Bonchev–Trinajstić information content (AvgIpc) is 2.63. The number of amides is 2. The van der Waals surface area contributed by atoms with E-state index in [-0.39, 0.29) is 23.7 Å². The van der Waals surface area contributed by atoms with Gasteiger partial charge in [0, 0.05) is 11.1 Å². The second-order valence-corrected chi connectivity index (χ2v) is 6.45.